The van der Waals surface area contributed by atoms with Crippen molar-refractivity contribution in [2.45, 2.75) is 17.1 Å². The highest BCUT2D eigenvalue weighted by atomic mass is 79.9. The Labute approximate surface area is 192 Å². The van der Waals surface area contributed by atoms with Gasteiger partial charge in [0.25, 0.3) is 5.91 Å². The van der Waals surface area contributed by atoms with Gasteiger partial charge in [0, 0.05) is 15.1 Å². The molecular weight excluding hydrogens is 483 g/mol. The van der Waals surface area contributed by atoms with Gasteiger partial charge < -0.3 is 15.4 Å². The molecule has 0 heterocycles. The molecule has 3 aromatic carbocycles. The fourth-order valence-electron chi connectivity index (χ4n) is 2.56. The van der Waals surface area contributed by atoms with Crippen LogP contribution < -0.4 is 15.4 Å². The summed E-state index contributed by atoms with van der Waals surface area (Å²) in [4.78, 5) is 25.3. The van der Waals surface area contributed by atoms with Crippen molar-refractivity contribution in [2.24, 2.45) is 0 Å². The summed E-state index contributed by atoms with van der Waals surface area (Å²) >= 11 is 4.52. The van der Waals surface area contributed by atoms with E-state index in [-0.39, 0.29) is 24.1 Å². The molecule has 8 heteroatoms. The van der Waals surface area contributed by atoms with Gasteiger partial charge in [-0.3, -0.25) is 9.59 Å². The van der Waals surface area contributed by atoms with Crippen molar-refractivity contribution >= 4 is 50.9 Å². The maximum atomic E-state index is 13.9. The van der Waals surface area contributed by atoms with E-state index in [1.807, 2.05) is 30.3 Å². The van der Waals surface area contributed by atoms with Gasteiger partial charge in [-0.15, -0.1) is 11.8 Å². The SMILES string of the molecule is CC(Sc1ccc(NC(=O)COc2ccccc2)cc1)C(=O)Nc1ccc(Br)cc1F. The van der Waals surface area contributed by atoms with Gasteiger partial charge >= 0.3 is 0 Å². The van der Waals surface area contributed by atoms with Crippen molar-refractivity contribution in [3.8, 4) is 5.75 Å². The van der Waals surface area contributed by atoms with Crippen LogP contribution in [0.2, 0.25) is 0 Å². The third kappa shape index (κ3) is 7.11. The van der Waals surface area contributed by atoms with Crippen LogP contribution in [0.15, 0.2) is 82.2 Å². The molecule has 3 aromatic rings. The van der Waals surface area contributed by atoms with Crippen LogP contribution in [-0.2, 0) is 9.59 Å². The van der Waals surface area contributed by atoms with Gasteiger partial charge in [-0.05, 0) is 61.5 Å². The van der Waals surface area contributed by atoms with Crippen molar-refractivity contribution in [3.63, 3.8) is 0 Å². The smallest absolute Gasteiger partial charge is 0.262 e. The van der Waals surface area contributed by atoms with Gasteiger partial charge in [0.2, 0.25) is 5.91 Å². The Hall–Kier alpha value is -2.84. The third-order valence-electron chi connectivity index (χ3n) is 4.12. The second-order valence-corrected chi connectivity index (χ2v) is 8.88. The normalized spacial score (nSPS) is 11.5. The van der Waals surface area contributed by atoms with Crippen LogP contribution in [-0.4, -0.2) is 23.7 Å². The zero-order valence-corrected chi connectivity index (χ0v) is 19.0. The van der Waals surface area contributed by atoms with Gasteiger partial charge in [0.05, 0.1) is 10.9 Å². The Balaban J connectivity index is 1.48. The van der Waals surface area contributed by atoms with Crippen LogP contribution in [0, 0.1) is 5.82 Å². The lowest BCUT2D eigenvalue weighted by Gasteiger charge is -2.13. The number of hydrogen-bond acceptors (Lipinski definition) is 4. The zero-order chi connectivity index (χ0) is 22.2. The zero-order valence-electron chi connectivity index (χ0n) is 16.6. The number of nitrogens with one attached hydrogen (secondary N) is 2. The number of halogens is 2. The lowest BCUT2D eigenvalue weighted by Crippen LogP contribution is -2.23. The molecule has 0 aliphatic heterocycles. The van der Waals surface area contributed by atoms with E-state index in [0.29, 0.717) is 15.9 Å². The molecule has 0 aliphatic carbocycles. The molecule has 2 N–H and O–H groups in total. The molecule has 0 fully saturated rings. The molecule has 0 radical (unpaired) electrons. The largest absolute Gasteiger partial charge is 0.484 e. The number of para-hydroxylation sites is 1. The highest BCUT2D eigenvalue weighted by molar-refractivity contribution is 9.10. The van der Waals surface area contributed by atoms with Crippen molar-refractivity contribution in [1.29, 1.82) is 0 Å². The Morgan fingerprint density at radius 3 is 2.42 bits per heavy atom. The molecule has 0 spiro atoms. The molecular formula is C23H20BrFN2O3S. The molecule has 0 saturated heterocycles. The fourth-order valence-corrected chi connectivity index (χ4v) is 3.76. The molecule has 1 unspecified atom stereocenters. The first kappa shape index (κ1) is 22.8. The summed E-state index contributed by atoms with van der Waals surface area (Å²) in [5.41, 5.74) is 0.761. The summed E-state index contributed by atoms with van der Waals surface area (Å²) in [5, 5.41) is 4.91. The molecule has 160 valence electrons. The number of benzene rings is 3. The first-order chi connectivity index (χ1) is 14.9. The van der Waals surface area contributed by atoms with Crippen molar-refractivity contribution < 1.29 is 18.7 Å². The molecule has 1 atom stereocenters. The number of rotatable bonds is 8. The van der Waals surface area contributed by atoms with Crippen LogP contribution >= 0.6 is 27.7 Å². The van der Waals surface area contributed by atoms with Gasteiger partial charge in [-0.25, -0.2) is 4.39 Å². The standard InChI is InChI=1S/C23H20BrFN2O3S/c1-15(23(29)27-21-12-7-16(24)13-20(21)25)31-19-10-8-17(9-11-19)26-22(28)14-30-18-5-3-2-4-6-18/h2-13,15H,14H2,1H3,(H,26,28)(H,27,29). The molecule has 5 nitrogen and oxygen atoms in total. The van der Waals surface area contributed by atoms with Crippen LogP contribution in [0.4, 0.5) is 15.8 Å². The topological polar surface area (TPSA) is 67.4 Å². The van der Waals surface area contributed by atoms with E-state index in [1.165, 1.54) is 23.9 Å². The Morgan fingerprint density at radius 1 is 1.03 bits per heavy atom. The molecule has 0 aliphatic rings. The van der Waals surface area contributed by atoms with E-state index >= 15 is 0 Å². The average Bonchev–Trinajstić information content (AvgIpc) is 2.76. The summed E-state index contributed by atoms with van der Waals surface area (Å²) in [6, 6.07) is 20.7. The second kappa shape index (κ2) is 11.0. The Bertz CT molecular complexity index is 1050. The molecule has 0 saturated carbocycles. The third-order valence-corrected chi connectivity index (χ3v) is 5.73. The fraction of sp³-hybridized carbons (Fsp3) is 0.130. The maximum absolute atomic E-state index is 13.9. The van der Waals surface area contributed by atoms with E-state index in [2.05, 4.69) is 26.6 Å². The van der Waals surface area contributed by atoms with Crippen LogP contribution in [0.1, 0.15) is 6.92 Å². The van der Waals surface area contributed by atoms with E-state index in [0.717, 1.165) is 4.90 Å². The van der Waals surface area contributed by atoms with Crippen LogP contribution in [0.25, 0.3) is 0 Å². The monoisotopic (exact) mass is 502 g/mol. The Kier molecular flexibility index (Phi) is 8.08. The lowest BCUT2D eigenvalue weighted by atomic mass is 10.3. The number of hydrogen-bond donors (Lipinski definition) is 2. The van der Waals surface area contributed by atoms with Crippen molar-refractivity contribution in [3.05, 3.63) is 83.1 Å². The van der Waals surface area contributed by atoms with Crippen molar-refractivity contribution in [2.75, 3.05) is 17.2 Å². The predicted octanol–water partition coefficient (Wildman–Crippen LogP) is 5.73. The first-order valence-corrected chi connectivity index (χ1v) is 11.1. The van der Waals surface area contributed by atoms with Gasteiger partial charge in [0.15, 0.2) is 6.61 Å². The summed E-state index contributed by atoms with van der Waals surface area (Å²) in [7, 11) is 0. The van der Waals surface area contributed by atoms with Gasteiger partial charge in [-0.1, -0.05) is 34.1 Å². The average molecular weight is 503 g/mol. The number of carbonyl (C=O) groups is 2. The molecule has 3 rings (SSSR count). The molecule has 31 heavy (non-hydrogen) atoms. The van der Waals surface area contributed by atoms with E-state index in [4.69, 9.17) is 4.74 Å². The van der Waals surface area contributed by atoms with E-state index in [1.54, 1.807) is 37.3 Å². The minimum absolute atomic E-state index is 0.0929. The highest BCUT2D eigenvalue weighted by Gasteiger charge is 2.16. The minimum atomic E-state index is -0.503. The minimum Gasteiger partial charge on any atom is -0.484 e. The number of amides is 2. The highest BCUT2D eigenvalue weighted by Crippen LogP contribution is 2.26. The van der Waals surface area contributed by atoms with Gasteiger partial charge in [0.1, 0.15) is 11.6 Å². The molecule has 0 bridgehead atoms. The maximum Gasteiger partial charge on any atom is 0.262 e. The summed E-state index contributed by atoms with van der Waals surface area (Å²) in [6.07, 6.45) is 0. The molecule has 2 amide bonds. The van der Waals surface area contributed by atoms with Crippen LogP contribution in [0.5, 0.6) is 5.75 Å². The van der Waals surface area contributed by atoms with E-state index < -0.39 is 11.1 Å². The number of thioether (sulfide) groups is 1. The summed E-state index contributed by atoms with van der Waals surface area (Å²) < 4.78 is 19.9. The molecule has 0 aromatic heterocycles. The first-order valence-electron chi connectivity index (χ1n) is 9.41. The quantitative estimate of drug-likeness (QED) is 0.386. The Morgan fingerprint density at radius 2 is 1.74 bits per heavy atom. The number of carbonyl (C=O) groups excluding carboxylic acids is 2. The predicted molar refractivity (Wildman–Crippen MR) is 125 cm³/mol. The number of ether oxygens (including phenoxy) is 1. The van der Waals surface area contributed by atoms with E-state index in [9.17, 15) is 14.0 Å². The van der Waals surface area contributed by atoms with Crippen LogP contribution in [0.3, 0.4) is 0 Å². The second-order valence-electron chi connectivity index (χ2n) is 6.55. The lowest BCUT2D eigenvalue weighted by molar-refractivity contribution is -0.118. The summed E-state index contributed by atoms with van der Waals surface area (Å²) in [5.74, 6) is -0.453. The van der Waals surface area contributed by atoms with Gasteiger partial charge in [-0.2, -0.15) is 0 Å². The summed E-state index contributed by atoms with van der Waals surface area (Å²) in [6.45, 7) is 1.65. The van der Waals surface area contributed by atoms with Crippen molar-refractivity contribution in [1.82, 2.24) is 0 Å². The number of anilines is 2.